The lowest BCUT2D eigenvalue weighted by Gasteiger charge is -1.96. The summed E-state index contributed by atoms with van der Waals surface area (Å²) >= 11 is 5.31. The van der Waals surface area contributed by atoms with E-state index in [4.69, 9.17) is 11.6 Å². The number of rotatable bonds is 3. The van der Waals surface area contributed by atoms with E-state index in [-0.39, 0.29) is 0 Å². The van der Waals surface area contributed by atoms with Crippen molar-refractivity contribution in [3.8, 4) is 0 Å². The second kappa shape index (κ2) is 5.32. The number of methoxy groups -OCH3 is 1. The van der Waals surface area contributed by atoms with Crippen molar-refractivity contribution in [1.29, 1.82) is 0 Å². The van der Waals surface area contributed by atoms with Gasteiger partial charge in [-0.05, 0) is 29.3 Å². The summed E-state index contributed by atoms with van der Waals surface area (Å²) in [6, 6.07) is 6.63. The van der Waals surface area contributed by atoms with E-state index in [9.17, 15) is 9.59 Å². The third-order valence-electron chi connectivity index (χ3n) is 1.73. The van der Waals surface area contributed by atoms with Crippen molar-refractivity contribution in [3.63, 3.8) is 0 Å². The van der Waals surface area contributed by atoms with Crippen molar-refractivity contribution in [2.24, 2.45) is 0 Å². The molecule has 0 radical (unpaired) electrons. The van der Waals surface area contributed by atoms with Crippen LogP contribution in [-0.4, -0.2) is 18.3 Å². The van der Waals surface area contributed by atoms with Gasteiger partial charge in [0.25, 0.3) is 5.24 Å². The van der Waals surface area contributed by atoms with Crippen molar-refractivity contribution in [2.75, 3.05) is 7.11 Å². The van der Waals surface area contributed by atoms with Gasteiger partial charge >= 0.3 is 5.97 Å². The fourth-order valence-corrected chi connectivity index (χ4v) is 1.11. The predicted octanol–water partition coefficient (Wildman–Crippen LogP) is 2.25. The summed E-state index contributed by atoms with van der Waals surface area (Å²) < 4.78 is 4.43. The van der Waals surface area contributed by atoms with Gasteiger partial charge in [0.15, 0.2) is 0 Å². The van der Waals surface area contributed by atoms with Gasteiger partial charge in [0.05, 0.1) is 7.11 Å². The van der Waals surface area contributed by atoms with Crippen LogP contribution in [-0.2, 0) is 9.53 Å². The first-order valence-electron chi connectivity index (χ1n) is 4.19. The highest BCUT2D eigenvalue weighted by Crippen LogP contribution is 2.09. The van der Waals surface area contributed by atoms with Crippen LogP contribution in [0.2, 0.25) is 0 Å². The average Bonchev–Trinajstić information content (AvgIpc) is 2.26. The standard InChI is InChI=1S/C11H9ClO3/c1-15-10(13)6-5-8-3-2-4-9(7-8)11(12)14/h2-7H,1H3. The highest BCUT2D eigenvalue weighted by Gasteiger charge is 2.00. The number of benzene rings is 1. The lowest BCUT2D eigenvalue weighted by molar-refractivity contribution is -0.134. The van der Waals surface area contributed by atoms with Crippen molar-refractivity contribution < 1.29 is 14.3 Å². The number of hydrogen-bond acceptors (Lipinski definition) is 3. The van der Waals surface area contributed by atoms with E-state index < -0.39 is 11.2 Å². The van der Waals surface area contributed by atoms with Gasteiger partial charge in [0, 0.05) is 11.6 Å². The highest BCUT2D eigenvalue weighted by molar-refractivity contribution is 6.67. The van der Waals surface area contributed by atoms with Gasteiger partial charge in [-0.25, -0.2) is 4.79 Å². The minimum Gasteiger partial charge on any atom is -0.466 e. The van der Waals surface area contributed by atoms with E-state index in [0.717, 1.165) is 0 Å². The quantitative estimate of drug-likeness (QED) is 0.449. The summed E-state index contributed by atoms with van der Waals surface area (Å²) in [7, 11) is 1.30. The van der Waals surface area contributed by atoms with Crippen LogP contribution in [0.3, 0.4) is 0 Å². The Labute approximate surface area is 92.3 Å². The van der Waals surface area contributed by atoms with Crippen LogP contribution in [0.15, 0.2) is 30.3 Å². The molecule has 4 heteroatoms. The zero-order valence-electron chi connectivity index (χ0n) is 8.07. The highest BCUT2D eigenvalue weighted by atomic mass is 35.5. The van der Waals surface area contributed by atoms with Crippen LogP contribution in [0.1, 0.15) is 15.9 Å². The van der Waals surface area contributed by atoms with Gasteiger partial charge in [-0.3, -0.25) is 4.79 Å². The molecule has 3 nitrogen and oxygen atoms in total. The Balaban J connectivity index is 2.87. The summed E-state index contributed by atoms with van der Waals surface area (Å²) in [5.41, 5.74) is 1.11. The van der Waals surface area contributed by atoms with E-state index in [1.165, 1.54) is 13.2 Å². The molecular formula is C11H9ClO3. The number of ether oxygens (including phenoxy) is 1. The Hall–Kier alpha value is -1.61. The SMILES string of the molecule is COC(=O)C=Cc1cccc(C(=O)Cl)c1. The molecule has 0 aliphatic carbocycles. The molecule has 78 valence electrons. The fourth-order valence-electron chi connectivity index (χ4n) is 0.997. The molecule has 0 N–H and O–H groups in total. The van der Waals surface area contributed by atoms with Gasteiger partial charge in [0.2, 0.25) is 0 Å². The van der Waals surface area contributed by atoms with Gasteiger partial charge in [-0.2, -0.15) is 0 Å². The van der Waals surface area contributed by atoms with Gasteiger partial charge in [-0.1, -0.05) is 18.2 Å². The maximum Gasteiger partial charge on any atom is 0.330 e. The topological polar surface area (TPSA) is 43.4 Å². The van der Waals surface area contributed by atoms with E-state index in [1.54, 1.807) is 30.3 Å². The van der Waals surface area contributed by atoms with Crippen LogP contribution >= 0.6 is 11.6 Å². The smallest absolute Gasteiger partial charge is 0.330 e. The summed E-state index contributed by atoms with van der Waals surface area (Å²) in [4.78, 5) is 21.6. The first-order chi connectivity index (χ1) is 7.13. The summed E-state index contributed by atoms with van der Waals surface area (Å²) in [6.45, 7) is 0. The van der Waals surface area contributed by atoms with Crippen LogP contribution in [0.4, 0.5) is 0 Å². The molecule has 0 bridgehead atoms. The van der Waals surface area contributed by atoms with E-state index >= 15 is 0 Å². The van der Waals surface area contributed by atoms with Gasteiger partial charge in [-0.15, -0.1) is 0 Å². The van der Waals surface area contributed by atoms with E-state index in [1.807, 2.05) is 0 Å². The van der Waals surface area contributed by atoms with Crippen LogP contribution in [0.25, 0.3) is 6.08 Å². The Morgan fingerprint density at radius 2 is 2.13 bits per heavy atom. The third-order valence-corrected chi connectivity index (χ3v) is 1.94. The lowest BCUT2D eigenvalue weighted by Crippen LogP contribution is -1.93. The Morgan fingerprint density at radius 3 is 2.73 bits per heavy atom. The minimum absolute atomic E-state index is 0.392. The second-order valence-electron chi connectivity index (χ2n) is 2.76. The van der Waals surface area contributed by atoms with Crippen LogP contribution in [0, 0.1) is 0 Å². The van der Waals surface area contributed by atoms with Gasteiger partial charge in [0.1, 0.15) is 0 Å². The zero-order valence-corrected chi connectivity index (χ0v) is 8.82. The fraction of sp³-hybridized carbons (Fsp3) is 0.0909. The molecule has 15 heavy (non-hydrogen) atoms. The van der Waals surface area contributed by atoms with E-state index in [2.05, 4.69) is 4.74 Å². The maximum atomic E-state index is 10.8. The van der Waals surface area contributed by atoms with Crippen LogP contribution < -0.4 is 0 Å². The van der Waals surface area contributed by atoms with Gasteiger partial charge < -0.3 is 4.74 Å². The van der Waals surface area contributed by atoms with Crippen LogP contribution in [0.5, 0.6) is 0 Å². The second-order valence-corrected chi connectivity index (χ2v) is 3.10. The third kappa shape index (κ3) is 3.56. The molecule has 0 saturated carbocycles. The largest absolute Gasteiger partial charge is 0.466 e. The molecule has 0 fully saturated rings. The number of hydrogen-bond donors (Lipinski definition) is 0. The van der Waals surface area contributed by atoms with E-state index in [0.29, 0.717) is 11.1 Å². The zero-order chi connectivity index (χ0) is 11.3. The molecule has 0 aliphatic rings. The Kier molecular flexibility index (Phi) is 4.06. The molecular weight excluding hydrogens is 216 g/mol. The van der Waals surface area contributed by atoms with Crippen molar-refractivity contribution >= 4 is 28.9 Å². The molecule has 0 aliphatic heterocycles. The molecule has 0 saturated heterocycles. The monoisotopic (exact) mass is 224 g/mol. The van der Waals surface area contributed by atoms with Crippen molar-refractivity contribution in [1.82, 2.24) is 0 Å². The molecule has 0 heterocycles. The predicted molar refractivity (Wildman–Crippen MR) is 57.7 cm³/mol. The lowest BCUT2D eigenvalue weighted by atomic mass is 10.1. The molecule has 1 aromatic rings. The average molecular weight is 225 g/mol. The molecule has 1 aromatic carbocycles. The number of carbonyl (C=O) groups excluding carboxylic acids is 2. The summed E-state index contributed by atoms with van der Waals surface area (Å²) in [6.07, 6.45) is 2.83. The first-order valence-corrected chi connectivity index (χ1v) is 4.57. The first kappa shape index (κ1) is 11.5. The number of esters is 1. The molecule has 0 aromatic heterocycles. The van der Waals surface area contributed by atoms with Crippen molar-refractivity contribution in [3.05, 3.63) is 41.5 Å². The number of halogens is 1. The maximum absolute atomic E-state index is 10.8. The Bertz CT molecular complexity index is 410. The summed E-state index contributed by atoms with van der Waals surface area (Å²) in [5.74, 6) is -0.447. The van der Waals surface area contributed by atoms with Crippen molar-refractivity contribution in [2.45, 2.75) is 0 Å². The molecule has 0 spiro atoms. The Morgan fingerprint density at radius 1 is 1.40 bits per heavy atom. The molecule has 0 unspecified atom stereocenters. The molecule has 0 amide bonds. The number of carbonyl (C=O) groups is 2. The normalized spacial score (nSPS) is 10.3. The molecule has 1 rings (SSSR count). The summed E-state index contributed by atoms with van der Waals surface area (Å²) in [5, 5.41) is -0.525. The minimum atomic E-state index is -0.525. The molecule has 0 atom stereocenters.